The van der Waals surface area contributed by atoms with E-state index in [9.17, 15) is 22.8 Å². The quantitative estimate of drug-likeness (QED) is 0.0958. The van der Waals surface area contributed by atoms with E-state index in [4.69, 9.17) is 9.72 Å². The molecule has 4 saturated heterocycles. The molecule has 3 amide bonds. The van der Waals surface area contributed by atoms with Gasteiger partial charge in [0.05, 0.1) is 40.4 Å². The predicted octanol–water partition coefficient (Wildman–Crippen LogP) is 5.88. The molecule has 4 N–H and O–H groups in total. The van der Waals surface area contributed by atoms with Crippen LogP contribution in [0.25, 0.3) is 11.0 Å². The van der Waals surface area contributed by atoms with Gasteiger partial charge in [-0.1, -0.05) is 6.92 Å². The standard InChI is InChI=1S/C50H60BrN13O6S/c1-4-32-26-40(56-50-54-28-37(51)47(58-50)55-39-8-7-38-45(53-16-15-52-38)46(39)59-71(3,68)69)43(70-2)27-42(32)63-19-13-34(14-20-63)61-17-11-31(12-18-61)29-60-21-23-62(24-22-60)35-5-6-36-33(25-35)30-64(49(36)67)41-9-10-44(65)57-48(41)66/h5-8,15-16,25-28,31,34,41,59H,4,9-14,17-24,29-30H2,1-3H3,(H,57,65,66)(H2,54,55,56,58). The molecular weight excluding hydrogens is 991 g/mol. The van der Waals surface area contributed by atoms with Crippen molar-refractivity contribution in [2.24, 2.45) is 5.92 Å². The summed E-state index contributed by atoms with van der Waals surface area (Å²) in [7, 11) is -1.98. The minimum absolute atomic E-state index is 0.133. The first kappa shape index (κ1) is 48.5. The van der Waals surface area contributed by atoms with Gasteiger partial charge in [0, 0.05) is 106 Å². The van der Waals surface area contributed by atoms with Gasteiger partial charge in [-0.25, -0.2) is 13.4 Å². The first-order chi connectivity index (χ1) is 34.3. The minimum Gasteiger partial charge on any atom is -0.494 e. The van der Waals surface area contributed by atoms with E-state index in [1.54, 1.807) is 36.5 Å². The van der Waals surface area contributed by atoms with Gasteiger partial charge in [-0.15, -0.1) is 0 Å². The Morgan fingerprint density at radius 3 is 2.35 bits per heavy atom. The van der Waals surface area contributed by atoms with Gasteiger partial charge in [-0.3, -0.25) is 39.3 Å². The number of likely N-dealkylation sites (tertiary alicyclic amines) is 1. The molecule has 5 aliphatic rings. The molecule has 7 heterocycles. The number of benzene rings is 3. The Kier molecular flexibility index (Phi) is 14.0. The summed E-state index contributed by atoms with van der Waals surface area (Å²) in [6.07, 6.45) is 11.9. The third-order valence-corrected chi connectivity index (χ3v) is 15.8. The summed E-state index contributed by atoms with van der Waals surface area (Å²) in [5.41, 5.74) is 7.47. The van der Waals surface area contributed by atoms with Gasteiger partial charge in [0.1, 0.15) is 23.1 Å². The smallest absolute Gasteiger partial charge is 0.255 e. The first-order valence-electron chi connectivity index (χ1n) is 24.5. The zero-order chi connectivity index (χ0) is 49.4. The van der Waals surface area contributed by atoms with Crippen LogP contribution >= 0.6 is 15.9 Å². The second-order valence-corrected chi connectivity index (χ2v) is 21.8. The number of imide groups is 1. The van der Waals surface area contributed by atoms with Crippen molar-refractivity contribution in [3.63, 3.8) is 0 Å². The van der Waals surface area contributed by atoms with Crippen LogP contribution in [0, 0.1) is 5.92 Å². The van der Waals surface area contributed by atoms with Crippen molar-refractivity contribution in [3.8, 4) is 5.75 Å². The maximum absolute atomic E-state index is 13.2. The minimum atomic E-state index is -3.65. The Balaban J connectivity index is 0.705. The molecule has 10 rings (SSSR count). The number of sulfonamides is 1. The maximum atomic E-state index is 13.2. The SMILES string of the molecule is CCc1cc(Nc2ncc(Br)c(Nc3ccc4nccnc4c3NS(C)(=O)=O)n2)c(OC)cc1N1CCC(N2CCC(CN3CCN(c4ccc5c(c4)CN(C4CCC(=O)NC4=O)C5=O)CC3)CC2)CC1. The van der Waals surface area contributed by atoms with Crippen LogP contribution in [0.4, 0.5) is 40.2 Å². The third-order valence-electron chi connectivity index (χ3n) is 14.7. The second kappa shape index (κ2) is 20.5. The van der Waals surface area contributed by atoms with Crippen LogP contribution in [-0.2, 0) is 32.6 Å². The molecule has 0 aliphatic carbocycles. The Morgan fingerprint density at radius 1 is 0.845 bits per heavy atom. The summed E-state index contributed by atoms with van der Waals surface area (Å²) in [5.74, 6) is 1.31. The van der Waals surface area contributed by atoms with Crippen LogP contribution in [0.1, 0.15) is 66.9 Å². The van der Waals surface area contributed by atoms with Gasteiger partial charge < -0.3 is 35.0 Å². The highest BCUT2D eigenvalue weighted by atomic mass is 79.9. The average Bonchev–Trinajstić information content (AvgIpc) is 3.70. The molecule has 3 aromatic carbocycles. The molecule has 1 unspecified atom stereocenters. The van der Waals surface area contributed by atoms with E-state index < -0.39 is 16.1 Å². The van der Waals surface area contributed by atoms with E-state index in [2.05, 4.69) is 96.3 Å². The van der Waals surface area contributed by atoms with E-state index in [1.807, 2.05) is 12.1 Å². The number of rotatable bonds is 14. The first-order valence-corrected chi connectivity index (χ1v) is 27.2. The van der Waals surface area contributed by atoms with Gasteiger partial charge in [0.2, 0.25) is 27.8 Å². The number of hydrogen-bond acceptors (Lipinski definition) is 16. The van der Waals surface area contributed by atoms with Crippen molar-refractivity contribution < 1.29 is 27.5 Å². The summed E-state index contributed by atoms with van der Waals surface area (Å²) in [5, 5.41) is 9.02. The van der Waals surface area contributed by atoms with E-state index in [0.717, 1.165) is 101 Å². The molecule has 19 nitrogen and oxygen atoms in total. The molecule has 4 fully saturated rings. The second-order valence-electron chi connectivity index (χ2n) is 19.2. The molecule has 0 radical (unpaired) electrons. The van der Waals surface area contributed by atoms with Crippen LogP contribution in [0.5, 0.6) is 5.75 Å². The molecule has 5 aromatic rings. The fraction of sp³-hybridized carbons (Fsp3) is 0.460. The van der Waals surface area contributed by atoms with Gasteiger partial charge in [-0.05, 0) is 121 Å². The summed E-state index contributed by atoms with van der Waals surface area (Å²) in [4.78, 5) is 67.3. The molecule has 21 heteroatoms. The largest absolute Gasteiger partial charge is 0.494 e. The van der Waals surface area contributed by atoms with Gasteiger partial charge in [0.25, 0.3) is 5.91 Å². The lowest BCUT2D eigenvalue weighted by Gasteiger charge is -2.44. The molecule has 5 aliphatic heterocycles. The lowest BCUT2D eigenvalue weighted by Crippen LogP contribution is -2.52. The highest BCUT2D eigenvalue weighted by Gasteiger charge is 2.39. The zero-order valence-electron chi connectivity index (χ0n) is 40.3. The number of ether oxygens (including phenoxy) is 1. The number of amides is 3. The maximum Gasteiger partial charge on any atom is 0.255 e. The van der Waals surface area contributed by atoms with E-state index in [-0.39, 0.29) is 29.8 Å². The van der Waals surface area contributed by atoms with Crippen molar-refractivity contribution in [3.05, 3.63) is 82.2 Å². The number of nitrogens with zero attached hydrogens (tertiary/aromatic N) is 9. The Labute approximate surface area is 422 Å². The lowest BCUT2D eigenvalue weighted by atomic mass is 9.92. The van der Waals surface area contributed by atoms with Crippen LogP contribution in [0.15, 0.2) is 65.5 Å². The zero-order valence-corrected chi connectivity index (χ0v) is 42.7. The number of halogens is 1. The fourth-order valence-electron chi connectivity index (χ4n) is 10.9. The third kappa shape index (κ3) is 10.6. The van der Waals surface area contributed by atoms with Gasteiger partial charge in [0.15, 0.2) is 0 Å². The summed E-state index contributed by atoms with van der Waals surface area (Å²) in [6, 6.07) is 13.8. The molecule has 0 bridgehead atoms. The molecule has 374 valence electrons. The number of carbonyl (C=O) groups is 3. The highest BCUT2D eigenvalue weighted by Crippen LogP contribution is 2.39. The van der Waals surface area contributed by atoms with Crippen molar-refractivity contribution in [1.29, 1.82) is 0 Å². The van der Waals surface area contributed by atoms with Crippen molar-refractivity contribution >= 4 is 94.9 Å². The van der Waals surface area contributed by atoms with E-state index >= 15 is 0 Å². The number of methoxy groups -OCH3 is 1. The Morgan fingerprint density at radius 2 is 1.62 bits per heavy atom. The van der Waals surface area contributed by atoms with Crippen molar-refractivity contribution in [2.45, 2.75) is 70.5 Å². The molecular formula is C50H60BrN13O6S. The number of nitrogens with one attached hydrogen (secondary N) is 4. The van der Waals surface area contributed by atoms with Crippen LogP contribution in [0.2, 0.25) is 0 Å². The number of aryl methyl sites for hydroxylation is 1. The van der Waals surface area contributed by atoms with Gasteiger partial charge in [-0.2, -0.15) is 4.98 Å². The average molecular weight is 1050 g/mol. The predicted molar refractivity (Wildman–Crippen MR) is 277 cm³/mol. The molecule has 0 saturated carbocycles. The number of carbonyl (C=O) groups excluding carboxylic acids is 3. The van der Waals surface area contributed by atoms with Gasteiger partial charge >= 0.3 is 0 Å². The number of fused-ring (bicyclic) bond motifs is 2. The van der Waals surface area contributed by atoms with Crippen LogP contribution < -0.4 is 35.2 Å². The highest BCUT2D eigenvalue weighted by molar-refractivity contribution is 9.10. The fourth-order valence-corrected chi connectivity index (χ4v) is 11.8. The van der Waals surface area contributed by atoms with Crippen molar-refractivity contribution in [1.82, 2.24) is 40.0 Å². The van der Waals surface area contributed by atoms with Crippen LogP contribution in [0.3, 0.4) is 0 Å². The summed E-state index contributed by atoms with van der Waals surface area (Å²) < 4.78 is 33.9. The topological polar surface area (TPSA) is 210 Å². The molecule has 1 atom stereocenters. The number of piperazine rings is 1. The Bertz CT molecular complexity index is 2960. The number of hydrogen-bond donors (Lipinski definition) is 4. The molecule has 0 spiro atoms. The number of anilines is 7. The summed E-state index contributed by atoms with van der Waals surface area (Å²) in [6.45, 7) is 11.8. The number of piperidine rings is 3. The molecule has 71 heavy (non-hydrogen) atoms. The van der Waals surface area contributed by atoms with E-state index in [1.165, 1.54) is 30.3 Å². The monoisotopic (exact) mass is 1050 g/mol. The van der Waals surface area contributed by atoms with Crippen molar-refractivity contribution in [2.75, 3.05) is 97.4 Å². The number of aromatic nitrogens is 4. The lowest BCUT2D eigenvalue weighted by molar-refractivity contribution is -0.136. The van der Waals surface area contributed by atoms with Crippen LogP contribution in [-0.4, -0.2) is 145 Å². The Hall–Kier alpha value is -6.16. The van der Waals surface area contributed by atoms with E-state index in [0.29, 0.717) is 69.2 Å². The molecule has 2 aromatic heterocycles. The normalized spacial score (nSPS) is 19.8. The summed E-state index contributed by atoms with van der Waals surface area (Å²) >= 11 is 3.55.